The standard InChI is InChI=1S/C24H48N2O2/c1-4-5-6-7-8-9-10-11-12-13-14-15-16-17-18-19-24(28)25-20-21-26(2,3)22-23-27/h11-12,27H,4-10,13-23H2,1-3H3/p+1. The molecule has 0 unspecified atom stereocenters. The van der Waals surface area contributed by atoms with E-state index in [2.05, 4.69) is 38.5 Å². The van der Waals surface area contributed by atoms with Gasteiger partial charge in [-0.15, -0.1) is 0 Å². The summed E-state index contributed by atoms with van der Waals surface area (Å²) in [4.78, 5) is 11.8. The van der Waals surface area contributed by atoms with Crippen molar-refractivity contribution in [1.29, 1.82) is 0 Å². The summed E-state index contributed by atoms with van der Waals surface area (Å²) in [5.41, 5.74) is 0. The highest BCUT2D eigenvalue weighted by atomic mass is 16.3. The smallest absolute Gasteiger partial charge is 0.220 e. The number of amides is 1. The minimum atomic E-state index is 0.168. The molecule has 0 fully saturated rings. The van der Waals surface area contributed by atoms with Crippen molar-refractivity contribution in [3.8, 4) is 0 Å². The first-order valence-electron chi connectivity index (χ1n) is 11.9. The Bertz CT molecular complexity index is 381. The number of aliphatic hydroxyl groups is 1. The Morgan fingerprint density at radius 2 is 1.36 bits per heavy atom. The van der Waals surface area contributed by atoms with Gasteiger partial charge in [0.25, 0.3) is 0 Å². The summed E-state index contributed by atoms with van der Waals surface area (Å²) in [5, 5.41) is 12.0. The number of hydrogen-bond acceptors (Lipinski definition) is 2. The van der Waals surface area contributed by atoms with Crippen LogP contribution in [0.5, 0.6) is 0 Å². The fourth-order valence-electron chi connectivity index (χ4n) is 3.33. The molecule has 0 rings (SSSR count). The predicted octanol–water partition coefficient (Wildman–Crippen LogP) is 5.21. The van der Waals surface area contributed by atoms with E-state index in [1.807, 2.05) is 0 Å². The van der Waals surface area contributed by atoms with E-state index in [4.69, 9.17) is 5.11 Å². The van der Waals surface area contributed by atoms with Crippen molar-refractivity contribution in [3.05, 3.63) is 12.2 Å². The monoisotopic (exact) mass is 397 g/mol. The number of nitrogens with one attached hydrogen (secondary N) is 1. The Morgan fingerprint density at radius 1 is 0.821 bits per heavy atom. The summed E-state index contributed by atoms with van der Waals surface area (Å²) in [6, 6.07) is 0. The molecule has 0 spiro atoms. The zero-order valence-corrected chi connectivity index (χ0v) is 19.2. The number of carbonyl (C=O) groups excluding carboxylic acids is 1. The lowest BCUT2D eigenvalue weighted by Crippen LogP contribution is -2.46. The van der Waals surface area contributed by atoms with E-state index >= 15 is 0 Å². The molecule has 0 aliphatic carbocycles. The van der Waals surface area contributed by atoms with E-state index in [9.17, 15) is 4.79 Å². The largest absolute Gasteiger partial charge is 0.391 e. The van der Waals surface area contributed by atoms with Gasteiger partial charge < -0.3 is 14.9 Å². The summed E-state index contributed by atoms with van der Waals surface area (Å²) in [6.45, 7) is 4.74. The SMILES string of the molecule is CCCCCCCCC=CCCCCCCCC(=O)NCC[N+](C)(C)CCO. The molecule has 4 nitrogen and oxygen atoms in total. The van der Waals surface area contributed by atoms with Crippen LogP contribution in [-0.2, 0) is 4.79 Å². The molecule has 0 aliphatic heterocycles. The quantitative estimate of drug-likeness (QED) is 0.168. The summed E-state index contributed by atoms with van der Waals surface area (Å²) in [5.74, 6) is 0.168. The molecule has 0 saturated heterocycles. The van der Waals surface area contributed by atoms with Gasteiger partial charge in [0.2, 0.25) is 5.91 Å². The third-order valence-electron chi connectivity index (χ3n) is 5.41. The van der Waals surface area contributed by atoms with Crippen LogP contribution in [0.15, 0.2) is 12.2 Å². The van der Waals surface area contributed by atoms with E-state index < -0.39 is 0 Å². The van der Waals surface area contributed by atoms with E-state index in [1.54, 1.807) is 0 Å². The van der Waals surface area contributed by atoms with Gasteiger partial charge in [-0.05, 0) is 32.1 Å². The van der Waals surface area contributed by atoms with E-state index in [0.717, 1.165) is 30.4 Å². The molecule has 0 heterocycles. The fraction of sp³-hybridized carbons (Fsp3) is 0.875. The Hall–Kier alpha value is -0.870. The third kappa shape index (κ3) is 19.9. The first kappa shape index (κ1) is 27.1. The van der Waals surface area contributed by atoms with Crippen LogP contribution in [-0.4, -0.2) is 55.8 Å². The highest BCUT2D eigenvalue weighted by Gasteiger charge is 2.13. The predicted molar refractivity (Wildman–Crippen MR) is 121 cm³/mol. The van der Waals surface area contributed by atoms with Gasteiger partial charge in [0.15, 0.2) is 0 Å². The van der Waals surface area contributed by atoms with Crippen molar-refractivity contribution in [3.63, 3.8) is 0 Å². The number of allylic oxidation sites excluding steroid dienone is 2. The van der Waals surface area contributed by atoms with E-state index in [-0.39, 0.29) is 12.5 Å². The van der Waals surface area contributed by atoms with Crippen LogP contribution in [0.3, 0.4) is 0 Å². The number of likely N-dealkylation sites (N-methyl/N-ethyl adjacent to an activating group) is 1. The maximum atomic E-state index is 11.8. The first-order valence-corrected chi connectivity index (χ1v) is 11.9. The lowest BCUT2D eigenvalue weighted by atomic mass is 10.1. The van der Waals surface area contributed by atoms with Crippen LogP contribution in [0.2, 0.25) is 0 Å². The molecule has 28 heavy (non-hydrogen) atoms. The van der Waals surface area contributed by atoms with Crippen LogP contribution in [0.4, 0.5) is 0 Å². The van der Waals surface area contributed by atoms with E-state index in [0.29, 0.717) is 13.0 Å². The Labute approximate surface area is 175 Å². The van der Waals surface area contributed by atoms with Crippen LogP contribution < -0.4 is 5.32 Å². The molecule has 166 valence electrons. The third-order valence-corrected chi connectivity index (χ3v) is 5.41. The van der Waals surface area contributed by atoms with E-state index in [1.165, 1.54) is 70.6 Å². The molecular formula is C24H49N2O2+. The maximum Gasteiger partial charge on any atom is 0.220 e. The minimum absolute atomic E-state index is 0.168. The number of aliphatic hydroxyl groups excluding tert-OH is 1. The van der Waals surface area contributed by atoms with Gasteiger partial charge in [0.05, 0.1) is 33.8 Å². The lowest BCUT2D eigenvalue weighted by molar-refractivity contribution is -0.889. The Balaban J connectivity index is 3.34. The van der Waals surface area contributed by atoms with Crippen molar-refractivity contribution >= 4 is 5.91 Å². The lowest BCUT2D eigenvalue weighted by Gasteiger charge is -2.28. The molecule has 2 N–H and O–H groups in total. The van der Waals surface area contributed by atoms with Gasteiger partial charge in [-0.1, -0.05) is 70.4 Å². The van der Waals surface area contributed by atoms with Gasteiger partial charge in [-0.25, -0.2) is 0 Å². The molecule has 0 aromatic heterocycles. The fourth-order valence-corrected chi connectivity index (χ4v) is 3.33. The van der Waals surface area contributed by atoms with Gasteiger partial charge >= 0.3 is 0 Å². The molecule has 4 heteroatoms. The van der Waals surface area contributed by atoms with Crippen LogP contribution in [0, 0.1) is 0 Å². The molecule has 0 saturated carbocycles. The number of hydrogen-bond donors (Lipinski definition) is 2. The van der Waals surface area contributed by atoms with Gasteiger partial charge in [-0.3, -0.25) is 4.79 Å². The topological polar surface area (TPSA) is 49.3 Å². The van der Waals surface area contributed by atoms with Crippen LogP contribution in [0.1, 0.15) is 96.8 Å². The first-order chi connectivity index (χ1) is 13.5. The summed E-state index contributed by atoms with van der Waals surface area (Å²) < 4.78 is 0.740. The number of unbranched alkanes of at least 4 members (excludes halogenated alkanes) is 11. The summed E-state index contributed by atoms with van der Waals surface area (Å²) in [7, 11) is 4.15. The molecule has 0 aromatic rings. The average Bonchev–Trinajstić information content (AvgIpc) is 2.64. The summed E-state index contributed by atoms with van der Waals surface area (Å²) >= 11 is 0. The second-order valence-electron chi connectivity index (χ2n) is 8.79. The number of rotatable bonds is 20. The van der Waals surface area contributed by atoms with Gasteiger partial charge in [-0.2, -0.15) is 0 Å². The number of quaternary nitrogens is 1. The van der Waals surface area contributed by atoms with Gasteiger partial charge in [0.1, 0.15) is 6.54 Å². The van der Waals surface area contributed by atoms with Crippen LogP contribution in [0.25, 0.3) is 0 Å². The number of carbonyl (C=O) groups is 1. The zero-order chi connectivity index (χ0) is 20.9. The second-order valence-corrected chi connectivity index (χ2v) is 8.79. The Kier molecular flexibility index (Phi) is 18.8. The molecule has 0 aliphatic rings. The van der Waals surface area contributed by atoms with Crippen molar-refractivity contribution in [2.45, 2.75) is 96.8 Å². The van der Waals surface area contributed by atoms with Crippen molar-refractivity contribution in [2.24, 2.45) is 0 Å². The second kappa shape index (κ2) is 19.4. The van der Waals surface area contributed by atoms with Crippen molar-refractivity contribution < 1.29 is 14.4 Å². The minimum Gasteiger partial charge on any atom is -0.391 e. The maximum absolute atomic E-state index is 11.8. The zero-order valence-electron chi connectivity index (χ0n) is 19.2. The average molecular weight is 398 g/mol. The summed E-state index contributed by atoms with van der Waals surface area (Å²) in [6.07, 6.45) is 22.0. The number of nitrogens with zero attached hydrogens (tertiary/aromatic N) is 1. The molecule has 0 aromatic carbocycles. The molecule has 0 radical (unpaired) electrons. The highest BCUT2D eigenvalue weighted by molar-refractivity contribution is 5.75. The molecule has 1 amide bonds. The molecular weight excluding hydrogens is 348 g/mol. The Morgan fingerprint density at radius 3 is 1.93 bits per heavy atom. The highest BCUT2D eigenvalue weighted by Crippen LogP contribution is 2.10. The van der Waals surface area contributed by atoms with Crippen LogP contribution >= 0.6 is 0 Å². The molecule has 0 atom stereocenters. The normalized spacial score (nSPS) is 12.0. The van der Waals surface area contributed by atoms with Crippen molar-refractivity contribution in [2.75, 3.05) is 40.3 Å². The van der Waals surface area contributed by atoms with Gasteiger partial charge in [0, 0.05) is 6.42 Å². The van der Waals surface area contributed by atoms with Crippen molar-refractivity contribution in [1.82, 2.24) is 5.32 Å². The molecule has 0 bridgehead atoms.